The number of nitrogens with zero attached hydrogens (tertiary/aromatic N) is 2. The number of benzene rings is 1. The van der Waals surface area contributed by atoms with E-state index in [2.05, 4.69) is 64.4 Å². The molecule has 1 aromatic carbocycles. The molecule has 3 aromatic rings. The van der Waals surface area contributed by atoms with E-state index in [1.54, 1.807) is 0 Å². The van der Waals surface area contributed by atoms with Crippen molar-refractivity contribution in [3.05, 3.63) is 53.3 Å². The van der Waals surface area contributed by atoms with Gasteiger partial charge in [-0.2, -0.15) is 0 Å². The molecule has 5 heteroatoms. The molecule has 0 unspecified atom stereocenters. The average Bonchev–Trinajstić information content (AvgIpc) is 3.13. The van der Waals surface area contributed by atoms with Crippen LogP contribution in [-0.4, -0.2) is 47.0 Å². The standard InChI is InChI=1S/C26H34N4O/c1-5-27-24(31)16-30-12-9-19(10-13-30)20-6-7-23-22(15-20)25(17(2)3)26(29-23)21-8-11-28-18(4)14-21/h6-8,11,14-15,17,19,29H,5,9-10,12-13,16H2,1-4H3,(H,27,31). The molecule has 5 nitrogen and oxygen atoms in total. The van der Waals surface area contributed by atoms with E-state index in [1.807, 2.05) is 20.0 Å². The molecule has 0 bridgehead atoms. The molecule has 0 spiro atoms. The van der Waals surface area contributed by atoms with Crippen molar-refractivity contribution in [2.24, 2.45) is 0 Å². The third kappa shape index (κ3) is 4.67. The predicted octanol–water partition coefficient (Wildman–Crippen LogP) is 4.98. The van der Waals surface area contributed by atoms with E-state index < -0.39 is 0 Å². The normalized spacial score (nSPS) is 15.6. The van der Waals surface area contributed by atoms with Crippen molar-refractivity contribution in [2.75, 3.05) is 26.2 Å². The minimum absolute atomic E-state index is 0.134. The minimum atomic E-state index is 0.134. The third-order valence-corrected chi connectivity index (χ3v) is 6.43. The van der Waals surface area contributed by atoms with Gasteiger partial charge in [-0.1, -0.05) is 19.9 Å². The highest BCUT2D eigenvalue weighted by Crippen LogP contribution is 2.38. The molecule has 0 aliphatic carbocycles. The van der Waals surface area contributed by atoms with E-state index in [4.69, 9.17) is 0 Å². The van der Waals surface area contributed by atoms with Gasteiger partial charge in [0.25, 0.3) is 0 Å². The Hall–Kier alpha value is -2.66. The Morgan fingerprint density at radius 3 is 2.68 bits per heavy atom. The Morgan fingerprint density at radius 2 is 2.00 bits per heavy atom. The molecule has 3 heterocycles. The number of fused-ring (bicyclic) bond motifs is 1. The van der Waals surface area contributed by atoms with Crippen molar-refractivity contribution in [2.45, 2.75) is 52.4 Å². The molecule has 1 amide bonds. The van der Waals surface area contributed by atoms with E-state index in [9.17, 15) is 4.79 Å². The zero-order chi connectivity index (χ0) is 22.0. The van der Waals surface area contributed by atoms with Crippen LogP contribution in [0.3, 0.4) is 0 Å². The number of likely N-dealkylation sites (N-methyl/N-ethyl adjacent to an activating group) is 1. The Morgan fingerprint density at radius 1 is 1.23 bits per heavy atom. The van der Waals surface area contributed by atoms with E-state index in [0.717, 1.165) is 31.6 Å². The smallest absolute Gasteiger partial charge is 0.234 e. The Balaban J connectivity index is 1.58. The first-order valence-electron chi connectivity index (χ1n) is 11.5. The van der Waals surface area contributed by atoms with Crippen molar-refractivity contribution < 1.29 is 4.79 Å². The molecule has 0 saturated carbocycles. The summed E-state index contributed by atoms with van der Waals surface area (Å²) in [6.45, 7) is 11.7. The second-order valence-electron chi connectivity index (χ2n) is 9.06. The summed E-state index contributed by atoms with van der Waals surface area (Å²) in [6.07, 6.45) is 4.09. The summed E-state index contributed by atoms with van der Waals surface area (Å²) < 4.78 is 0. The Labute approximate surface area is 185 Å². The molecule has 2 N–H and O–H groups in total. The van der Waals surface area contributed by atoms with Crippen molar-refractivity contribution >= 4 is 16.8 Å². The van der Waals surface area contributed by atoms with Gasteiger partial charge in [0.1, 0.15) is 0 Å². The second kappa shape index (κ2) is 9.23. The lowest BCUT2D eigenvalue weighted by Crippen LogP contribution is -2.41. The number of aryl methyl sites for hydroxylation is 1. The van der Waals surface area contributed by atoms with Gasteiger partial charge in [0, 0.05) is 34.9 Å². The molecule has 2 aromatic heterocycles. The fraction of sp³-hybridized carbons (Fsp3) is 0.462. The SMILES string of the molecule is CCNC(=O)CN1CCC(c2ccc3[nH]c(-c4ccnc(C)c4)c(C(C)C)c3c2)CC1. The molecular weight excluding hydrogens is 384 g/mol. The highest BCUT2D eigenvalue weighted by atomic mass is 16.2. The number of H-pyrrole nitrogens is 1. The molecule has 1 saturated heterocycles. The van der Waals surface area contributed by atoms with Gasteiger partial charge in [-0.15, -0.1) is 0 Å². The van der Waals surface area contributed by atoms with Crippen molar-refractivity contribution in [1.29, 1.82) is 0 Å². The summed E-state index contributed by atoms with van der Waals surface area (Å²) in [4.78, 5) is 22.2. The lowest BCUT2D eigenvalue weighted by Gasteiger charge is -2.31. The number of rotatable bonds is 6. The fourth-order valence-electron chi connectivity index (χ4n) is 4.89. The summed E-state index contributed by atoms with van der Waals surface area (Å²) >= 11 is 0. The van der Waals surface area contributed by atoms with Gasteiger partial charge in [-0.05, 0) is 87.0 Å². The van der Waals surface area contributed by atoms with Gasteiger partial charge in [-0.3, -0.25) is 14.7 Å². The van der Waals surface area contributed by atoms with Crippen LogP contribution >= 0.6 is 0 Å². The van der Waals surface area contributed by atoms with Gasteiger partial charge in [0.15, 0.2) is 0 Å². The Kier molecular flexibility index (Phi) is 6.42. The largest absolute Gasteiger partial charge is 0.355 e. The second-order valence-corrected chi connectivity index (χ2v) is 9.06. The van der Waals surface area contributed by atoms with Gasteiger partial charge in [-0.25, -0.2) is 0 Å². The number of likely N-dealkylation sites (tertiary alicyclic amines) is 1. The van der Waals surface area contributed by atoms with Crippen molar-refractivity contribution in [1.82, 2.24) is 20.2 Å². The Bertz CT molecular complexity index is 1060. The summed E-state index contributed by atoms with van der Waals surface area (Å²) in [5, 5.41) is 4.24. The van der Waals surface area contributed by atoms with Crippen LogP contribution < -0.4 is 5.32 Å². The van der Waals surface area contributed by atoms with Crippen LogP contribution in [0, 0.1) is 6.92 Å². The summed E-state index contributed by atoms with van der Waals surface area (Å²) in [6, 6.07) is 11.2. The maximum Gasteiger partial charge on any atom is 0.234 e. The van der Waals surface area contributed by atoms with E-state index in [-0.39, 0.29) is 5.91 Å². The molecule has 1 aliphatic heterocycles. The number of amides is 1. The summed E-state index contributed by atoms with van der Waals surface area (Å²) in [5.41, 5.74) is 7.45. The first-order chi connectivity index (χ1) is 15.0. The van der Waals surface area contributed by atoms with Crippen LogP contribution in [0.1, 0.15) is 62.3 Å². The first kappa shape index (κ1) is 21.6. The fourth-order valence-corrected chi connectivity index (χ4v) is 4.89. The first-order valence-corrected chi connectivity index (χ1v) is 11.5. The quantitative estimate of drug-likeness (QED) is 0.594. The van der Waals surface area contributed by atoms with E-state index in [1.165, 1.54) is 33.3 Å². The van der Waals surface area contributed by atoms with Crippen LogP contribution in [0.5, 0.6) is 0 Å². The lowest BCUT2D eigenvalue weighted by molar-refractivity contribution is -0.122. The number of piperidine rings is 1. The van der Waals surface area contributed by atoms with Crippen molar-refractivity contribution in [3.8, 4) is 11.3 Å². The number of carbonyl (C=O) groups excluding carboxylic acids is 1. The maximum absolute atomic E-state index is 11.9. The number of carbonyl (C=O) groups is 1. The van der Waals surface area contributed by atoms with Crippen LogP contribution in [0.4, 0.5) is 0 Å². The van der Waals surface area contributed by atoms with E-state index >= 15 is 0 Å². The zero-order valence-corrected chi connectivity index (χ0v) is 19.2. The highest BCUT2D eigenvalue weighted by molar-refractivity contribution is 5.92. The number of aromatic amines is 1. The topological polar surface area (TPSA) is 61.0 Å². The highest BCUT2D eigenvalue weighted by Gasteiger charge is 2.23. The zero-order valence-electron chi connectivity index (χ0n) is 19.2. The lowest BCUT2D eigenvalue weighted by atomic mass is 9.87. The van der Waals surface area contributed by atoms with Crippen LogP contribution in [0.15, 0.2) is 36.5 Å². The molecule has 1 fully saturated rings. The van der Waals surface area contributed by atoms with E-state index in [0.29, 0.717) is 24.9 Å². The molecule has 1 aliphatic rings. The van der Waals surface area contributed by atoms with Crippen molar-refractivity contribution in [3.63, 3.8) is 0 Å². The van der Waals surface area contributed by atoms with Gasteiger partial charge >= 0.3 is 0 Å². The maximum atomic E-state index is 11.9. The minimum Gasteiger partial charge on any atom is -0.355 e. The number of pyridine rings is 1. The van der Waals surface area contributed by atoms with Crippen LogP contribution in [0.2, 0.25) is 0 Å². The third-order valence-electron chi connectivity index (χ3n) is 6.43. The van der Waals surface area contributed by atoms with Gasteiger partial charge < -0.3 is 10.3 Å². The van der Waals surface area contributed by atoms with Crippen LogP contribution in [-0.2, 0) is 4.79 Å². The molecule has 4 rings (SSSR count). The molecule has 0 atom stereocenters. The monoisotopic (exact) mass is 418 g/mol. The van der Waals surface area contributed by atoms with Gasteiger partial charge in [0.2, 0.25) is 5.91 Å². The average molecular weight is 419 g/mol. The molecule has 164 valence electrons. The molecule has 31 heavy (non-hydrogen) atoms. The molecular formula is C26H34N4O. The number of hydrogen-bond donors (Lipinski definition) is 2. The summed E-state index contributed by atoms with van der Waals surface area (Å²) in [7, 11) is 0. The van der Waals surface area contributed by atoms with Gasteiger partial charge in [0.05, 0.1) is 12.2 Å². The number of aromatic nitrogens is 2. The number of hydrogen-bond acceptors (Lipinski definition) is 3. The molecule has 0 radical (unpaired) electrons. The number of nitrogens with one attached hydrogen (secondary N) is 2. The summed E-state index contributed by atoms with van der Waals surface area (Å²) in [5.74, 6) is 1.11. The van der Waals surface area contributed by atoms with Crippen LogP contribution in [0.25, 0.3) is 22.2 Å². The predicted molar refractivity (Wildman–Crippen MR) is 127 cm³/mol.